The number of thioether (sulfide) groups is 1. The molecular weight excluding hydrogens is 342 g/mol. The average Bonchev–Trinajstić information content (AvgIpc) is 2.55. The first-order valence-corrected chi connectivity index (χ1v) is 9.08. The van der Waals surface area contributed by atoms with Crippen molar-refractivity contribution in [3.05, 3.63) is 29.8 Å². The van der Waals surface area contributed by atoms with Crippen LogP contribution in [0.4, 0.5) is 0 Å². The van der Waals surface area contributed by atoms with Crippen molar-refractivity contribution in [3.63, 3.8) is 0 Å². The van der Waals surface area contributed by atoms with Crippen molar-refractivity contribution in [1.82, 2.24) is 4.90 Å². The van der Waals surface area contributed by atoms with Crippen LogP contribution in [0.2, 0.25) is 0 Å². The van der Waals surface area contributed by atoms with E-state index in [1.54, 1.807) is 18.2 Å². The van der Waals surface area contributed by atoms with Crippen LogP contribution in [0.5, 0.6) is 0 Å². The Morgan fingerprint density at radius 2 is 1.60 bits per heavy atom. The number of aromatic carboxylic acids is 1. The zero-order chi connectivity index (χ0) is 19.2. The monoisotopic (exact) mass is 369 g/mol. The fraction of sp³-hybridized carbons (Fsp3) is 0.500. The number of hydrogen-bond donors (Lipinski definition) is 2. The summed E-state index contributed by atoms with van der Waals surface area (Å²) in [5.74, 6) is -1.83. The Balaban J connectivity index is 0.00000129. The van der Waals surface area contributed by atoms with E-state index in [1.165, 1.54) is 6.07 Å². The lowest BCUT2D eigenvalue weighted by Crippen LogP contribution is -2.23. The molecule has 0 fully saturated rings. The van der Waals surface area contributed by atoms with E-state index < -0.39 is 11.9 Å². The number of unbranched alkanes of at least 4 members (excludes halogenated alkanes) is 1. The van der Waals surface area contributed by atoms with E-state index >= 15 is 0 Å². The van der Waals surface area contributed by atoms with E-state index in [1.807, 2.05) is 0 Å². The first kappa shape index (κ1) is 23.1. The molecule has 6 nitrogen and oxygen atoms in total. The molecule has 0 heterocycles. The maximum absolute atomic E-state index is 11.9. The summed E-state index contributed by atoms with van der Waals surface area (Å²) in [6.45, 7) is 8.42. The zero-order valence-corrected chi connectivity index (χ0v) is 15.8. The highest BCUT2D eigenvalue weighted by atomic mass is 32.2. The number of carboxylic acid groups (broad SMARTS) is 2. The molecule has 0 saturated carbocycles. The highest BCUT2D eigenvalue weighted by molar-refractivity contribution is 8.13. The standard InChI is InChI=1S/C16H23NO3S.C2H4O2/c1-3-17(4-2)12-8-7-11-15(18)21-14-10-6-5-9-13(14)16(19)20;1-2(3)4/h5-6,9-10H,3-4,7-8,11-12H2,1-2H3,(H,19,20);1H3,(H,3,4). The molecule has 0 amide bonds. The summed E-state index contributed by atoms with van der Waals surface area (Å²) in [4.78, 5) is 34.9. The van der Waals surface area contributed by atoms with Crippen LogP contribution < -0.4 is 0 Å². The van der Waals surface area contributed by atoms with Gasteiger partial charge in [0.1, 0.15) is 0 Å². The molecule has 0 aliphatic heterocycles. The van der Waals surface area contributed by atoms with Crippen molar-refractivity contribution in [2.75, 3.05) is 19.6 Å². The topological polar surface area (TPSA) is 94.9 Å². The highest BCUT2D eigenvalue weighted by Gasteiger charge is 2.13. The summed E-state index contributed by atoms with van der Waals surface area (Å²) in [6, 6.07) is 6.63. The molecule has 0 aliphatic rings. The summed E-state index contributed by atoms with van der Waals surface area (Å²) in [5.41, 5.74) is 0.194. The van der Waals surface area contributed by atoms with Gasteiger partial charge < -0.3 is 15.1 Å². The van der Waals surface area contributed by atoms with Gasteiger partial charge in [0, 0.05) is 18.2 Å². The van der Waals surface area contributed by atoms with Crippen LogP contribution in [0.25, 0.3) is 0 Å². The first-order valence-electron chi connectivity index (χ1n) is 8.26. The Hall–Kier alpha value is -1.86. The SMILES string of the molecule is CC(=O)O.CCN(CC)CCCCC(=O)Sc1ccccc1C(=O)O. The largest absolute Gasteiger partial charge is 0.481 e. The van der Waals surface area contributed by atoms with E-state index in [0.29, 0.717) is 11.3 Å². The molecule has 0 spiro atoms. The fourth-order valence-corrected chi connectivity index (χ4v) is 2.95. The number of rotatable bonds is 9. The molecule has 7 heteroatoms. The molecule has 0 unspecified atom stereocenters. The number of carbonyl (C=O) groups is 3. The van der Waals surface area contributed by atoms with Crippen LogP contribution in [-0.2, 0) is 9.59 Å². The molecule has 0 aromatic heterocycles. The predicted molar refractivity (Wildman–Crippen MR) is 99.2 cm³/mol. The molecule has 0 bridgehead atoms. The van der Waals surface area contributed by atoms with Crippen molar-refractivity contribution < 1.29 is 24.6 Å². The number of hydrogen-bond acceptors (Lipinski definition) is 5. The van der Waals surface area contributed by atoms with E-state index in [0.717, 1.165) is 51.2 Å². The summed E-state index contributed by atoms with van der Waals surface area (Å²) in [7, 11) is 0. The molecule has 1 aromatic carbocycles. The maximum atomic E-state index is 11.9. The number of aliphatic carboxylic acids is 1. The van der Waals surface area contributed by atoms with Crippen LogP contribution in [0.3, 0.4) is 0 Å². The quantitative estimate of drug-likeness (QED) is 0.507. The molecule has 1 aromatic rings. The van der Waals surface area contributed by atoms with E-state index in [4.69, 9.17) is 15.0 Å². The lowest BCUT2D eigenvalue weighted by molar-refractivity contribution is -0.134. The molecule has 0 radical (unpaired) electrons. The molecule has 2 N–H and O–H groups in total. The van der Waals surface area contributed by atoms with Gasteiger partial charge in [0.15, 0.2) is 5.12 Å². The Morgan fingerprint density at radius 3 is 2.12 bits per heavy atom. The van der Waals surface area contributed by atoms with Gasteiger partial charge in [-0.05, 0) is 44.6 Å². The second kappa shape index (κ2) is 13.4. The number of carboxylic acids is 2. The summed E-state index contributed by atoms with van der Waals surface area (Å²) < 4.78 is 0. The lowest BCUT2D eigenvalue weighted by Gasteiger charge is -2.17. The van der Waals surface area contributed by atoms with Gasteiger partial charge in [-0.2, -0.15) is 0 Å². The highest BCUT2D eigenvalue weighted by Crippen LogP contribution is 2.25. The molecule has 25 heavy (non-hydrogen) atoms. The van der Waals surface area contributed by atoms with Gasteiger partial charge >= 0.3 is 5.97 Å². The minimum Gasteiger partial charge on any atom is -0.481 e. The Labute approximate surface area is 153 Å². The van der Waals surface area contributed by atoms with Crippen LogP contribution in [-0.4, -0.2) is 51.8 Å². The number of benzene rings is 1. The van der Waals surface area contributed by atoms with Gasteiger partial charge in [-0.25, -0.2) is 4.79 Å². The third-order valence-corrected chi connectivity index (χ3v) is 4.35. The van der Waals surface area contributed by atoms with Crippen molar-refractivity contribution >= 4 is 28.8 Å². The third kappa shape index (κ3) is 11.3. The van der Waals surface area contributed by atoms with Gasteiger partial charge in [0.2, 0.25) is 0 Å². The van der Waals surface area contributed by atoms with Crippen molar-refractivity contribution in [2.24, 2.45) is 0 Å². The average molecular weight is 369 g/mol. The smallest absolute Gasteiger partial charge is 0.336 e. The van der Waals surface area contributed by atoms with Crippen molar-refractivity contribution in [2.45, 2.75) is 44.9 Å². The zero-order valence-electron chi connectivity index (χ0n) is 15.0. The van der Waals surface area contributed by atoms with Crippen LogP contribution in [0.1, 0.15) is 50.4 Å². The maximum Gasteiger partial charge on any atom is 0.336 e. The van der Waals surface area contributed by atoms with Crippen LogP contribution >= 0.6 is 11.8 Å². The summed E-state index contributed by atoms with van der Waals surface area (Å²) >= 11 is 1.04. The summed E-state index contributed by atoms with van der Waals surface area (Å²) in [6.07, 6.45) is 2.33. The van der Waals surface area contributed by atoms with Gasteiger partial charge in [0.05, 0.1) is 5.56 Å². The normalized spacial score (nSPS) is 10.1. The Bertz CT molecular complexity index is 554. The van der Waals surface area contributed by atoms with E-state index in [2.05, 4.69) is 18.7 Å². The fourth-order valence-electron chi connectivity index (χ4n) is 2.05. The van der Waals surface area contributed by atoms with Crippen LogP contribution in [0.15, 0.2) is 29.2 Å². The Morgan fingerprint density at radius 1 is 1.04 bits per heavy atom. The number of carbonyl (C=O) groups excluding carboxylic acids is 1. The van der Waals surface area contributed by atoms with Gasteiger partial charge in [-0.15, -0.1) is 0 Å². The van der Waals surface area contributed by atoms with Crippen LogP contribution in [0, 0.1) is 0 Å². The molecule has 140 valence electrons. The molecule has 0 aliphatic carbocycles. The molecular formula is C18H27NO5S. The molecule has 0 saturated heterocycles. The van der Waals surface area contributed by atoms with Gasteiger partial charge in [-0.3, -0.25) is 9.59 Å². The molecule has 0 atom stereocenters. The molecule has 1 rings (SSSR count). The second-order valence-electron chi connectivity index (χ2n) is 5.28. The van der Waals surface area contributed by atoms with E-state index in [9.17, 15) is 9.59 Å². The lowest BCUT2D eigenvalue weighted by atomic mass is 10.2. The minimum absolute atomic E-state index is 0.0308. The van der Waals surface area contributed by atoms with Crippen molar-refractivity contribution in [3.8, 4) is 0 Å². The predicted octanol–water partition coefficient (Wildman–Crippen LogP) is 3.61. The third-order valence-electron chi connectivity index (χ3n) is 3.34. The van der Waals surface area contributed by atoms with E-state index in [-0.39, 0.29) is 10.7 Å². The van der Waals surface area contributed by atoms with Gasteiger partial charge in [0.25, 0.3) is 5.97 Å². The van der Waals surface area contributed by atoms with Crippen molar-refractivity contribution in [1.29, 1.82) is 0 Å². The van der Waals surface area contributed by atoms with Gasteiger partial charge in [-0.1, -0.05) is 37.7 Å². The summed E-state index contributed by atoms with van der Waals surface area (Å²) in [5, 5.41) is 16.5. The first-order chi connectivity index (χ1) is 11.8. The number of nitrogens with zero attached hydrogens (tertiary/aromatic N) is 1. The Kier molecular flexibility index (Phi) is 12.4. The second-order valence-corrected chi connectivity index (χ2v) is 6.38. The minimum atomic E-state index is -0.993.